The molecule has 0 fully saturated rings. The van der Waals surface area contributed by atoms with Crippen LogP contribution < -0.4 is 16.2 Å². The van der Waals surface area contributed by atoms with Gasteiger partial charge in [-0.15, -0.1) is 0 Å². The molecule has 0 saturated carbocycles. The first-order chi connectivity index (χ1) is 15.6. The number of allylic oxidation sites excluding steroid dienone is 1. The van der Waals surface area contributed by atoms with Crippen LogP contribution in [0.4, 0.5) is 8.78 Å². The lowest BCUT2D eigenvalue weighted by atomic mass is 10.1. The molecule has 182 valence electrons. The van der Waals surface area contributed by atoms with Crippen molar-refractivity contribution < 1.29 is 23.5 Å². The fraction of sp³-hybridized carbons (Fsp3) is 0.545. The highest BCUT2D eigenvalue weighted by molar-refractivity contribution is 5.96. The number of carbonyl (C=O) groups excluding carboxylic acids is 2. The van der Waals surface area contributed by atoms with Gasteiger partial charge in [0.1, 0.15) is 18.0 Å². The van der Waals surface area contributed by atoms with Crippen molar-refractivity contribution in [2.45, 2.75) is 59.4 Å². The van der Waals surface area contributed by atoms with Crippen LogP contribution in [0.1, 0.15) is 55.2 Å². The molecule has 0 spiro atoms. The van der Waals surface area contributed by atoms with E-state index in [1.165, 1.54) is 16.7 Å². The highest BCUT2D eigenvalue weighted by Gasteiger charge is 2.26. The van der Waals surface area contributed by atoms with Crippen LogP contribution in [0.25, 0.3) is 11.7 Å². The predicted molar refractivity (Wildman–Crippen MR) is 121 cm³/mol. The molecule has 3 N–H and O–H groups in total. The van der Waals surface area contributed by atoms with Gasteiger partial charge in [0.15, 0.2) is 5.56 Å². The lowest BCUT2D eigenvalue weighted by Crippen LogP contribution is -2.35. The second-order valence-corrected chi connectivity index (χ2v) is 8.19. The van der Waals surface area contributed by atoms with Crippen molar-refractivity contribution >= 4 is 24.0 Å². The van der Waals surface area contributed by atoms with Gasteiger partial charge in [-0.05, 0) is 25.7 Å². The molecule has 0 aromatic carbocycles. The normalized spacial score (nSPS) is 13.5. The van der Waals surface area contributed by atoms with Crippen molar-refractivity contribution in [3.8, 4) is 5.88 Å². The highest BCUT2D eigenvalue weighted by Crippen LogP contribution is 2.24. The summed E-state index contributed by atoms with van der Waals surface area (Å²) in [5.74, 6) is -1.25. The minimum absolute atomic E-state index is 0.0301. The summed E-state index contributed by atoms with van der Waals surface area (Å²) in [4.78, 5) is 36.0. The molecule has 0 aliphatic carbocycles. The van der Waals surface area contributed by atoms with Gasteiger partial charge < -0.3 is 15.7 Å². The summed E-state index contributed by atoms with van der Waals surface area (Å²) < 4.78 is 30.3. The maximum atomic E-state index is 14.0. The largest absolute Gasteiger partial charge is 0.492 e. The van der Waals surface area contributed by atoms with Crippen molar-refractivity contribution in [1.82, 2.24) is 24.8 Å². The zero-order chi connectivity index (χ0) is 24.7. The van der Waals surface area contributed by atoms with E-state index in [2.05, 4.69) is 15.7 Å². The quantitative estimate of drug-likeness (QED) is 0.414. The Labute approximate surface area is 190 Å². The summed E-state index contributed by atoms with van der Waals surface area (Å²) in [6.45, 7) is 7.46. The third-order valence-electron chi connectivity index (χ3n) is 4.96. The Kier molecular flexibility index (Phi) is 9.12. The van der Waals surface area contributed by atoms with Gasteiger partial charge in [0, 0.05) is 18.7 Å². The standard InChI is InChI=1S/C22H31F2N5O4/c1-5-9-26-19(31)18-21(32)28(11-13(2)3)20-15(14(4)27-29(20)22(18)33)7-6-8-16(23)17(24)10-25-12-30/h6-7,12-13,16-17,33H,5,8-11H2,1-4H3,(H,25,30)(H,26,31)/b7-6+. The molecule has 0 radical (unpaired) electrons. The number of fused-ring (bicyclic) bond motifs is 1. The second-order valence-electron chi connectivity index (χ2n) is 8.19. The summed E-state index contributed by atoms with van der Waals surface area (Å²) in [7, 11) is 0. The van der Waals surface area contributed by atoms with Crippen LogP contribution in [0.15, 0.2) is 10.9 Å². The molecule has 0 aliphatic heterocycles. The average molecular weight is 468 g/mol. The van der Waals surface area contributed by atoms with Gasteiger partial charge >= 0.3 is 0 Å². The number of alkyl halides is 2. The van der Waals surface area contributed by atoms with Crippen molar-refractivity contribution in [3.63, 3.8) is 0 Å². The molecular weight excluding hydrogens is 436 g/mol. The summed E-state index contributed by atoms with van der Waals surface area (Å²) >= 11 is 0. The zero-order valence-corrected chi connectivity index (χ0v) is 19.3. The van der Waals surface area contributed by atoms with Crippen LogP contribution in [0.5, 0.6) is 5.88 Å². The molecule has 0 saturated heterocycles. The Morgan fingerprint density at radius 1 is 1.27 bits per heavy atom. The number of nitrogens with zero attached hydrogens (tertiary/aromatic N) is 3. The minimum Gasteiger partial charge on any atom is -0.492 e. The van der Waals surface area contributed by atoms with E-state index >= 15 is 0 Å². The summed E-state index contributed by atoms with van der Waals surface area (Å²) in [6.07, 6.45) is -0.0913. The zero-order valence-electron chi connectivity index (χ0n) is 19.3. The second kappa shape index (κ2) is 11.6. The fourth-order valence-electron chi connectivity index (χ4n) is 3.37. The topological polar surface area (TPSA) is 118 Å². The third-order valence-corrected chi connectivity index (χ3v) is 4.96. The molecule has 2 heterocycles. The first-order valence-corrected chi connectivity index (χ1v) is 10.9. The average Bonchev–Trinajstić information content (AvgIpc) is 3.09. The first-order valence-electron chi connectivity index (χ1n) is 10.9. The number of halogens is 2. The Morgan fingerprint density at radius 3 is 2.58 bits per heavy atom. The van der Waals surface area contributed by atoms with Gasteiger partial charge in [-0.3, -0.25) is 19.0 Å². The van der Waals surface area contributed by atoms with Crippen molar-refractivity contribution in [3.05, 3.63) is 33.3 Å². The van der Waals surface area contributed by atoms with Crippen LogP contribution in [0, 0.1) is 12.8 Å². The van der Waals surface area contributed by atoms with Crippen LogP contribution >= 0.6 is 0 Å². The van der Waals surface area contributed by atoms with E-state index in [0.29, 0.717) is 30.6 Å². The van der Waals surface area contributed by atoms with Crippen LogP contribution in [0.3, 0.4) is 0 Å². The van der Waals surface area contributed by atoms with E-state index in [4.69, 9.17) is 0 Å². The monoisotopic (exact) mass is 467 g/mol. The molecule has 2 amide bonds. The molecule has 0 aliphatic rings. The van der Waals surface area contributed by atoms with E-state index in [-0.39, 0.29) is 24.5 Å². The number of amides is 2. The van der Waals surface area contributed by atoms with Gasteiger partial charge in [-0.2, -0.15) is 9.61 Å². The summed E-state index contributed by atoms with van der Waals surface area (Å²) in [5.41, 5.74) is 0.0591. The van der Waals surface area contributed by atoms with E-state index < -0.39 is 41.8 Å². The van der Waals surface area contributed by atoms with E-state index in [1.807, 2.05) is 20.8 Å². The SMILES string of the molecule is CCCNC(=O)c1c(O)n2nc(C)c(/C=C/CC(F)C(F)CNC=O)c2n(CC(C)C)c1=O. The van der Waals surface area contributed by atoms with Crippen LogP contribution in [-0.4, -0.2) is 57.0 Å². The molecule has 2 atom stereocenters. The lowest BCUT2D eigenvalue weighted by molar-refractivity contribution is -0.109. The number of hydrogen-bond donors (Lipinski definition) is 3. The Hall–Kier alpha value is -3.24. The van der Waals surface area contributed by atoms with Crippen LogP contribution in [0.2, 0.25) is 0 Å². The molecule has 11 heteroatoms. The number of hydrogen-bond acceptors (Lipinski definition) is 5. The van der Waals surface area contributed by atoms with Gasteiger partial charge in [-0.25, -0.2) is 8.78 Å². The number of carbonyl (C=O) groups is 2. The number of aryl methyl sites for hydroxylation is 1. The Morgan fingerprint density at radius 2 is 1.97 bits per heavy atom. The molecule has 33 heavy (non-hydrogen) atoms. The van der Waals surface area contributed by atoms with Gasteiger partial charge in [-0.1, -0.05) is 32.9 Å². The maximum absolute atomic E-state index is 14.0. The molecule has 2 aromatic rings. The summed E-state index contributed by atoms with van der Waals surface area (Å²) in [5, 5.41) is 19.7. The number of rotatable bonds is 12. The maximum Gasteiger partial charge on any atom is 0.270 e. The summed E-state index contributed by atoms with van der Waals surface area (Å²) in [6, 6.07) is 0. The lowest BCUT2D eigenvalue weighted by Gasteiger charge is -2.15. The van der Waals surface area contributed by atoms with E-state index in [1.54, 1.807) is 6.92 Å². The third kappa shape index (κ3) is 5.96. The van der Waals surface area contributed by atoms with Gasteiger partial charge in [0.05, 0.1) is 12.2 Å². The van der Waals surface area contributed by atoms with Gasteiger partial charge in [0.2, 0.25) is 12.3 Å². The van der Waals surface area contributed by atoms with Gasteiger partial charge in [0.25, 0.3) is 11.5 Å². The minimum atomic E-state index is -1.86. The molecule has 9 nitrogen and oxygen atoms in total. The fourth-order valence-corrected chi connectivity index (χ4v) is 3.37. The first kappa shape index (κ1) is 26.0. The molecule has 2 aromatic heterocycles. The van der Waals surface area contributed by atoms with Crippen molar-refractivity contribution in [2.24, 2.45) is 5.92 Å². The smallest absolute Gasteiger partial charge is 0.270 e. The molecular formula is C22H31F2N5O4. The number of aromatic hydroxyl groups is 1. The van der Waals surface area contributed by atoms with E-state index in [0.717, 1.165) is 4.52 Å². The Bertz CT molecular complexity index is 1080. The molecule has 2 rings (SSSR count). The Balaban J connectivity index is 2.54. The number of nitrogens with one attached hydrogen (secondary N) is 2. The van der Waals surface area contributed by atoms with E-state index in [9.17, 15) is 28.3 Å². The van der Waals surface area contributed by atoms with Crippen LogP contribution in [-0.2, 0) is 11.3 Å². The highest BCUT2D eigenvalue weighted by atomic mass is 19.2. The van der Waals surface area contributed by atoms with Crippen molar-refractivity contribution in [1.29, 1.82) is 0 Å². The predicted octanol–water partition coefficient (Wildman–Crippen LogP) is 2.13. The molecule has 2 unspecified atom stereocenters. The van der Waals surface area contributed by atoms with Crippen molar-refractivity contribution in [2.75, 3.05) is 13.1 Å². The molecule has 0 bridgehead atoms. The number of aromatic nitrogens is 3.